The van der Waals surface area contributed by atoms with Gasteiger partial charge in [-0.25, -0.2) is 4.98 Å². The van der Waals surface area contributed by atoms with Gasteiger partial charge < -0.3 is 0 Å². The molecule has 14 rings (SSSR count). The number of benzene rings is 11. The summed E-state index contributed by atoms with van der Waals surface area (Å²) in [6.45, 7) is 0. The van der Waals surface area contributed by atoms with Gasteiger partial charge in [-0.2, -0.15) is 0 Å². The van der Waals surface area contributed by atoms with E-state index in [1.807, 2.05) is 0 Å². The molecule has 0 spiro atoms. The molecule has 2 heteroatoms. The van der Waals surface area contributed by atoms with Gasteiger partial charge in [0.2, 0.25) is 0 Å². The summed E-state index contributed by atoms with van der Waals surface area (Å²) in [5, 5.41) is 2.47. The fourth-order valence-corrected chi connectivity index (χ4v) is 12.4. The third-order valence-electron chi connectivity index (χ3n) is 15.2. The first-order valence-corrected chi connectivity index (χ1v) is 24.0. The molecular formula is C67H44N2. The minimum absolute atomic E-state index is 0.535. The molecule has 0 bridgehead atoms. The van der Waals surface area contributed by atoms with Crippen molar-refractivity contribution in [3.63, 3.8) is 0 Å². The molecule has 0 N–H and O–H groups in total. The maximum atomic E-state index is 5.22. The molecule has 2 aliphatic carbocycles. The zero-order chi connectivity index (χ0) is 45.5. The SMILES string of the molecule is c1ccc(-n2c(-c3ccc(-c4cc5c(c6ccccc46)-c4cc6c(cc4C5(c4ccccc4)c4ccccc4)-c4ccccc4C6(c4ccccc4)c4ccccc4)cc3)nc3ccccc32)cc1. The Bertz CT molecular complexity index is 3830. The minimum atomic E-state index is -0.638. The normalized spacial score (nSPS) is 13.7. The molecule has 1 aromatic heterocycles. The second-order valence-electron chi connectivity index (χ2n) is 18.5. The van der Waals surface area contributed by atoms with E-state index < -0.39 is 10.8 Å². The Morgan fingerprint density at radius 2 is 0.754 bits per heavy atom. The van der Waals surface area contributed by atoms with Crippen LogP contribution in [0.15, 0.2) is 267 Å². The van der Waals surface area contributed by atoms with Crippen molar-refractivity contribution in [2.24, 2.45) is 0 Å². The van der Waals surface area contributed by atoms with E-state index in [-0.39, 0.29) is 0 Å². The van der Waals surface area contributed by atoms with Gasteiger partial charge in [-0.05, 0) is 131 Å². The molecule has 0 atom stereocenters. The van der Waals surface area contributed by atoms with Crippen molar-refractivity contribution in [3.05, 3.63) is 311 Å². The lowest BCUT2D eigenvalue weighted by molar-refractivity contribution is 0.759. The van der Waals surface area contributed by atoms with E-state index >= 15 is 0 Å². The summed E-state index contributed by atoms with van der Waals surface area (Å²) in [6, 6.07) is 98.8. The fraction of sp³-hybridized carbons (Fsp3) is 0.0299. The molecule has 12 aromatic rings. The standard InChI is InChI=1S/C67H44N2/c1-6-22-47(23-7-1)66(48-24-8-2-9-25-48)58-35-19-18-33-53(58)56-43-60-57(44-59(56)66)64-54-34-17-16-32-52(54)55(42-61(64)67(60,49-26-10-3-11-27-49)50-28-12-4-13-29-50)45-38-40-46(41-39-45)65-68-62-36-20-21-37-63(62)69(65)51-30-14-5-15-31-51/h1-44H. The summed E-state index contributed by atoms with van der Waals surface area (Å²) in [7, 11) is 0. The monoisotopic (exact) mass is 876 g/mol. The van der Waals surface area contributed by atoms with Gasteiger partial charge in [0.05, 0.1) is 21.9 Å². The van der Waals surface area contributed by atoms with Crippen LogP contribution in [-0.4, -0.2) is 9.55 Å². The first-order chi connectivity index (χ1) is 34.2. The minimum Gasteiger partial charge on any atom is -0.292 e. The van der Waals surface area contributed by atoms with Crippen LogP contribution in [0.5, 0.6) is 0 Å². The Balaban J connectivity index is 1.06. The number of fused-ring (bicyclic) bond motifs is 9. The topological polar surface area (TPSA) is 17.8 Å². The van der Waals surface area contributed by atoms with E-state index in [0.29, 0.717) is 0 Å². The second kappa shape index (κ2) is 15.3. The van der Waals surface area contributed by atoms with Gasteiger partial charge in [-0.15, -0.1) is 0 Å². The molecule has 0 aliphatic heterocycles. The molecule has 322 valence electrons. The van der Waals surface area contributed by atoms with Gasteiger partial charge in [-0.3, -0.25) is 4.57 Å². The molecule has 0 amide bonds. The number of nitrogens with zero attached hydrogens (tertiary/aromatic N) is 2. The number of hydrogen-bond acceptors (Lipinski definition) is 1. The Kier molecular flexibility index (Phi) is 8.75. The molecule has 11 aromatic carbocycles. The van der Waals surface area contributed by atoms with Gasteiger partial charge in [0.25, 0.3) is 0 Å². The van der Waals surface area contributed by atoms with Crippen LogP contribution in [0, 0.1) is 0 Å². The fourth-order valence-electron chi connectivity index (χ4n) is 12.4. The highest BCUT2D eigenvalue weighted by molar-refractivity contribution is 6.11. The van der Waals surface area contributed by atoms with Crippen LogP contribution in [0.1, 0.15) is 44.5 Å². The number of hydrogen-bond donors (Lipinski definition) is 0. The first kappa shape index (κ1) is 39.3. The highest BCUT2D eigenvalue weighted by atomic mass is 15.1. The molecule has 69 heavy (non-hydrogen) atoms. The lowest BCUT2D eigenvalue weighted by Crippen LogP contribution is -2.30. The van der Waals surface area contributed by atoms with Crippen LogP contribution in [0.2, 0.25) is 0 Å². The number of para-hydroxylation sites is 3. The predicted molar refractivity (Wildman–Crippen MR) is 284 cm³/mol. The lowest BCUT2D eigenvalue weighted by atomic mass is 9.65. The van der Waals surface area contributed by atoms with E-state index in [2.05, 4.69) is 271 Å². The number of aromatic nitrogens is 2. The summed E-state index contributed by atoms with van der Waals surface area (Å²) in [4.78, 5) is 5.22. The van der Waals surface area contributed by atoms with Crippen molar-refractivity contribution in [2.45, 2.75) is 10.8 Å². The van der Waals surface area contributed by atoms with Crippen LogP contribution in [0.25, 0.3) is 72.3 Å². The first-order valence-electron chi connectivity index (χ1n) is 24.0. The van der Waals surface area contributed by atoms with Crippen LogP contribution in [-0.2, 0) is 10.8 Å². The van der Waals surface area contributed by atoms with Gasteiger partial charge >= 0.3 is 0 Å². The average Bonchev–Trinajstić information content (AvgIpc) is 4.06. The smallest absolute Gasteiger partial charge is 0.145 e. The number of imidazole rings is 1. The largest absolute Gasteiger partial charge is 0.292 e. The van der Waals surface area contributed by atoms with Crippen LogP contribution in [0.3, 0.4) is 0 Å². The van der Waals surface area contributed by atoms with E-state index in [4.69, 9.17) is 4.98 Å². The van der Waals surface area contributed by atoms with Crippen molar-refractivity contribution in [2.75, 3.05) is 0 Å². The molecular weight excluding hydrogens is 833 g/mol. The van der Waals surface area contributed by atoms with Crippen LogP contribution < -0.4 is 0 Å². The van der Waals surface area contributed by atoms with E-state index in [1.165, 1.54) is 83.1 Å². The van der Waals surface area contributed by atoms with Crippen molar-refractivity contribution in [1.82, 2.24) is 9.55 Å². The van der Waals surface area contributed by atoms with E-state index in [9.17, 15) is 0 Å². The van der Waals surface area contributed by atoms with E-state index in [0.717, 1.165) is 33.7 Å². The lowest BCUT2D eigenvalue weighted by Gasteiger charge is -2.35. The molecule has 1 heterocycles. The summed E-state index contributed by atoms with van der Waals surface area (Å²) in [6.07, 6.45) is 0. The van der Waals surface area contributed by atoms with Crippen molar-refractivity contribution in [3.8, 4) is 50.5 Å². The predicted octanol–water partition coefficient (Wildman–Crippen LogP) is 16.2. The zero-order valence-electron chi connectivity index (χ0n) is 37.8. The third kappa shape index (κ3) is 5.58. The molecule has 2 aliphatic rings. The van der Waals surface area contributed by atoms with Crippen LogP contribution >= 0.6 is 0 Å². The number of rotatable bonds is 7. The van der Waals surface area contributed by atoms with Gasteiger partial charge in [0.15, 0.2) is 0 Å². The molecule has 0 unspecified atom stereocenters. The Morgan fingerprint density at radius 1 is 0.304 bits per heavy atom. The van der Waals surface area contributed by atoms with E-state index in [1.54, 1.807) is 0 Å². The van der Waals surface area contributed by atoms with Crippen molar-refractivity contribution < 1.29 is 0 Å². The summed E-state index contributed by atoms with van der Waals surface area (Å²) >= 11 is 0. The Labute approximate surface area is 402 Å². The Hall–Kier alpha value is -8.85. The van der Waals surface area contributed by atoms with Gasteiger partial charge in [0.1, 0.15) is 5.82 Å². The summed E-state index contributed by atoms with van der Waals surface area (Å²) in [5.74, 6) is 0.923. The molecule has 2 nitrogen and oxygen atoms in total. The molecule has 0 radical (unpaired) electrons. The van der Waals surface area contributed by atoms with Gasteiger partial charge in [-0.1, -0.05) is 224 Å². The Morgan fingerprint density at radius 3 is 1.38 bits per heavy atom. The highest BCUT2D eigenvalue weighted by Crippen LogP contribution is 2.64. The van der Waals surface area contributed by atoms with Crippen molar-refractivity contribution >= 4 is 21.8 Å². The quantitative estimate of drug-likeness (QED) is 0.156. The van der Waals surface area contributed by atoms with Crippen molar-refractivity contribution in [1.29, 1.82) is 0 Å². The molecule has 0 saturated carbocycles. The third-order valence-corrected chi connectivity index (χ3v) is 15.2. The zero-order valence-corrected chi connectivity index (χ0v) is 37.8. The highest BCUT2D eigenvalue weighted by Gasteiger charge is 2.52. The maximum absolute atomic E-state index is 5.22. The summed E-state index contributed by atoms with van der Waals surface area (Å²) in [5.41, 5.74) is 20.8. The average molecular weight is 877 g/mol. The van der Waals surface area contributed by atoms with Gasteiger partial charge in [0, 0.05) is 11.3 Å². The maximum Gasteiger partial charge on any atom is 0.145 e. The van der Waals surface area contributed by atoms with Crippen LogP contribution in [0.4, 0.5) is 0 Å². The molecule has 0 fully saturated rings. The summed E-state index contributed by atoms with van der Waals surface area (Å²) < 4.78 is 2.28. The second-order valence-corrected chi connectivity index (χ2v) is 18.5. The molecule has 0 saturated heterocycles.